The van der Waals surface area contributed by atoms with Crippen LogP contribution in [0.5, 0.6) is 0 Å². The standard InChI is InChI=1S/C21H24N2O3/c24-16-12-15(13-21(25)26)22(14-16)10-5-11-23-19-8-3-1-6-17(19)18-7-2-4-9-20(18)23/h1-4,6-9,15-16,24H,5,10-14H2,(H,25,26)/t15-,16+/m1/s1. The van der Waals surface area contributed by atoms with Crippen molar-refractivity contribution in [3.05, 3.63) is 48.5 Å². The van der Waals surface area contributed by atoms with Crippen LogP contribution in [0.15, 0.2) is 48.5 Å². The summed E-state index contributed by atoms with van der Waals surface area (Å²) in [7, 11) is 0. The number of carboxylic acid groups (broad SMARTS) is 1. The van der Waals surface area contributed by atoms with Gasteiger partial charge in [0, 0.05) is 47.5 Å². The fourth-order valence-corrected chi connectivity index (χ4v) is 4.32. The number of aliphatic hydroxyl groups is 1. The number of aliphatic hydroxyl groups excluding tert-OH is 1. The minimum atomic E-state index is -0.795. The van der Waals surface area contributed by atoms with Gasteiger partial charge in [0.1, 0.15) is 0 Å². The number of likely N-dealkylation sites (tertiary alicyclic amines) is 1. The van der Waals surface area contributed by atoms with Crippen molar-refractivity contribution in [2.75, 3.05) is 13.1 Å². The van der Waals surface area contributed by atoms with Gasteiger partial charge in [-0.25, -0.2) is 0 Å². The zero-order chi connectivity index (χ0) is 18.1. The van der Waals surface area contributed by atoms with Gasteiger partial charge >= 0.3 is 5.97 Å². The van der Waals surface area contributed by atoms with Crippen molar-refractivity contribution in [2.24, 2.45) is 0 Å². The van der Waals surface area contributed by atoms with Crippen LogP contribution in [0.3, 0.4) is 0 Å². The van der Waals surface area contributed by atoms with Crippen LogP contribution in [0.1, 0.15) is 19.3 Å². The Bertz CT molecular complexity index is 880. The lowest BCUT2D eigenvalue weighted by atomic mass is 10.1. The Kier molecular flexibility index (Phi) is 4.66. The van der Waals surface area contributed by atoms with Crippen LogP contribution in [0.2, 0.25) is 0 Å². The van der Waals surface area contributed by atoms with Crippen molar-refractivity contribution in [3.63, 3.8) is 0 Å². The van der Waals surface area contributed by atoms with Crippen molar-refractivity contribution in [1.82, 2.24) is 9.47 Å². The lowest BCUT2D eigenvalue weighted by molar-refractivity contribution is -0.138. The molecule has 26 heavy (non-hydrogen) atoms. The second-order valence-corrected chi connectivity index (χ2v) is 7.18. The van der Waals surface area contributed by atoms with E-state index in [9.17, 15) is 9.90 Å². The van der Waals surface area contributed by atoms with E-state index in [0.717, 1.165) is 19.5 Å². The van der Waals surface area contributed by atoms with E-state index in [1.54, 1.807) is 0 Å². The van der Waals surface area contributed by atoms with Gasteiger partial charge in [0.05, 0.1) is 12.5 Å². The predicted octanol–water partition coefficient (Wildman–Crippen LogP) is 3.09. The van der Waals surface area contributed by atoms with Crippen LogP contribution < -0.4 is 0 Å². The fraction of sp³-hybridized carbons (Fsp3) is 0.381. The van der Waals surface area contributed by atoms with Gasteiger partial charge in [0.15, 0.2) is 0 Å². The molecule has 0 bridgehead atoms. The van der Waals surface area contributed by atoms with Gasteiger partial charge in [0.2, 0.25) is 0 Å². The van der Waals surface area contributed by atoms with E-state index >= 15 is 0 Å². The second-order valence-electron chi connectivity index (χ2n) is 7.18. The third-order valence-electron chi connectivity index (χ3n) is 5.42. The molecule has 1 saturated heterocycles. The number of rotatable bonds is 6. The summed E-state index contributed by atoms with van der Waals surface area (Å²) >= 11 is 0. The van der Waals surface area contributed by atoms with Crippen molar-refractivity contribution in [2.45, 2.75) is 38.0 Å². The number of para-hydroxylation sites is 2. The summed E-state index contributed by atoms with van der Waals surface area (Å²) in [5.41, 5.74) is 2.47. The number of hydrogen-bond donors (Lipinski definition) is 2. The molecule has 1 aliphatic rings. The molecule has 2 heterocycles. The quantitative estimate of drug-likeness (QED) is 0.715. The van der Waals surface area contributed by atoms with Gasteiger partial charge in [-0.2, -0.15) is 0 Å². The molecule has 2 aromatic carbocycles. The van der Waals surface area contributed by atoms with E-state index in [0.29, 0.717) is 13.0 Å². The SMILES string of the molecule is O=C(O)C[C@H]1C[C@H](O)CN1CCCn1c2ccccc2c2ccccc21. The van der Waals surface area contributed by atoms with Crippen molar-refractivity contribution < 1.29 is 15.0 Å². The molecule has 2 atom stereocenters. The Labute approximate surface area is 152 Å². The van der Waals surface area contributed by atoms with E-state index < -0.39 is 12.1 Å². The van der Waals surface area contributed by atoms with Gasteiger partial charge in [-0.05, 0) is 25.0 Å². The molecule has 5 heteroatoms. The monoisotopic (exact) mass is 352 g/mol. The summed E-state index contributed by atoms with van der Waals surface area (Å²) in [6.07, 6.45) is 1.17. The Balaban J connectivity index is 1.52. The van der Waals surface area contributed by atoms with E-state index in [1.807, 2.05) is 0 Å². The average molecular weight is 352 g/mol. The molecule has 3 aromatic rings. The number of aromatic nitrogens is 1. The number of hydrogen-bond acceptors (Lipinski definition) is 3. The number of carboxylic acids is 1. The number of aliphatic carboxylic acids is 1. The van der Waals surface area contributed by atoms with E-state index in [-0.39, 0.29) is 12.5 Å². The zero-order valence-corrected chi connectivity index (χ0v) is 14.7. The van der Waals surface area contributed by atoms with Gasteiger partial charge in [-0.1, -0.05) is 36.4 Å². The number of nitrogens with zero attached hydrogens (tertiary/aromatic N) is 2. The minimum Gasteiger partial charge on any atom is -0.481 e. The summed E-state index contributed by atoms with van der Waals surface area (Å²) in [6.45, 7) is 2.25. The molecule has 1 aliphatic heterocycles. The largest absolute Gasteiger partial charge is 0.481 e. The number of β-amino-alcohol motifs (C(OH)–C–C–N with tert-alkyl or cyclic N) is 1. The maximum Gasteiger partial charge on any atom is 0.304 e. The topological polar surface area (TPSA) is 65.7 Å². The molecule has 2 N–H and O–H groups in total. The molecular weight excluding hydrogens is 328 g/mol. The van der Waals surface area contributed by atoms with Crippen molar-refractivity contribution in [1.29, 1.82) is 0 Å². The van der Waals surface area contributed by atoms with Crippen LogP contribution in [-0.2, 0) is 11.3 Å². The number of aryl methyl sites for hydroxylation is 1. The maximum atomic E-state index is 11.0. The first-order valence-corrected chi connectivity index (χ1v) is 9.23. The maximum absolute atomic E-state index is 11.0. The molecule has 0 amide bonds. The first-order valence-electron chi connectivity index (χ1n) is 9.23. The fourth-order valence-electron chi connectivity index (χ4n) is 4.32. The third-order valence-corrected chi connectivity index (χ3v) is 5.42. The molecule has 0 saturated carbocycles. The van der Waals surface area contributed by atoms with Gasteiger partial charge < -0.3 is 14.8 Å². The molecular formula is C21H24N2O3. The average Bonchev–Trinajstić information content (AvgIpc) is 3.13. The van der Waals surface area contributed by atoms with Gasteiger partial charge in [0.25, 0.3) is 0 Å². The molecule has 0 aliphatic carbocycles. The number of carbonyl (C=O) groups is 1. The summed E-state index contributed by atoms with van der Waals surface area (Å²) < 4.78 is 2.35. The smallest absolute Gasteiger partial charge is 0.304 e. The molecule has 1 fully saturated rings. The Hall–Kier alpha value is -2.37. The first kappa shape index (κ1) is 17.1. The first-order chi connectivity index (χ1) is 12.6. The van der Waals surface area contributed by atoms with E-state index in [4.69, 9.17) is 5.11 Å². The van der Waals surface area contributed by atoms with Crippen molar-refractivity contribution in [3.8, 4) is 0 Å². The van der Waals surface area contributed by atoms with Gasteiger partial charge in [-0.15, -0.1) is 0 Å². The lowest BCUT2D eigenvalue weighted by Crippen LogP contribution is -2.33. The number of benzene rings is 2. The van der Waals surface area contributed by atoms with Crippen LogP contribution >= 0.6 is 0 Å². The van der Waals surface area contributed by atoms with E-state index in [1.165, 1.54) is 21.8 Å². The Morgan fingerprint density at radius 3 is 2.23 bits per heavy atom. The molecule has 0 radical (unpaired) electrons. The predicted molar refractivity (Wildman–Crippen MR) is 102 cm³/mol. The van der Waals surface area contributed by atoms with Crippen LogP contribution in [0, 0.1) is 0 Å². The normalized spacial score (nSPS) is 21.0. The summed E-state index contributed by atoms with van der Waals surface area (Å²) in [6, 6.07) is 16.9. The molecule has 5 nitrogen and oxygen atoms in total. The van der Waals surface area contributed by atoms with E-state index in [2.05, 4.69) is 58.0 Å². The molecule has 4 rings (SSSR count). The third kappa shape index (κ3) is 3.20. The highest BCUT2D eigenvalue weighted by Crippen LogP contribution is 2.29. The lowest BCUT2D eigenvalue weighted by Gasteiger charge is -2.23. The summed E-state index contributed by atoms with van der Waals surface area (Å²) in [5, 5.41) is 21.5. The highest BCUT2D eigenvalue weighted by molar-refractivity contribution is 6.07. The number of fused-ring (bicyclic) bond motifs is 3. The molecule has 0 spiro atoms. The Morgan fingerprint density at radius 2 is 1.62 bits per heavy atom. The second kappa shape index (κ2) is 7.09. The molecule has 136 valence electrons. The zero-order valence-electron chi connectivity index (χ0n) is 14.7. The highest BCUT2D eigenvalue weighted by atomic mass is 16.4. The molecule has 1 aromatic heterocycles. The van der Waals surface area contributed by atoms with Crippen LogP contribution in [-0.4, -0.2) is 50.9 Å². The summed E-state index contributed by atoms with van der Waals surface area (Å²) in [4.78, 5) is 13.2. The Morgan fingerprint density at radius 1 is 1.00 bits per heavy atom. The van der Waals surface area contributed by atoms with Gasteiger partial charge in [-0.3, -0.25) is 9.69 Å². The van der Waals surface area contributed by atoms with Crippen LogP contribution in [0.4, 0.5) is 0 Å². The molecule has 0 unspecified atom stereocenters. The van der Waals surface area contributed by atoms with Crippen LogP contribution in [0.25, 0.3) is 21.8 Å². The minimum absolute atomic E-state index is 0.0550. The highest BCUT2D eigenvalue weighted by Gasteiger charge is 2.31. The van der Waals surface area contributed by atoms with Crippen molar-refractivity contribution >= 4 is 27.8 Å². The summed E-state index contributed by atoms with van der Waals surface area (Å²) in [5.74, 6) is -0.795.